The highest BCUT2D eigenvalue weighted by atomic mass is 16.3. The lowest BCUT2D eigenvalue weighted by Crippen LogP contribution is -2.41. The van der Waals surface area contributed by atoms with Crippen LogP contribution in [-0.2, 0) is 6.54 Å². The van der Waals surface area contributed by atoms with Crippen molar-refractivity contribution in [2.45, 2.75) is 46.6 Å². The zero-order valence-corrected chi connectivity index (χ0v) is 15.3. The minimum absolute atomic E-state index is 0.00877. The Morgan fingerprint density at radius 2 is 2.04 bits per heavy atom. The Bertz CT molecular complexity index is 528. The third-order valence-corrected chi connectivity index (χ3v) is 5.27. The fourth-order valence-electron chi connectivity index (χ4n) is 3.28. The summed E-state index contributed by atoms with van der Waals surface area (Å²) in [6.45, 7) is 10.3. The lowest BCUT2D eigenvalue weighted by molar-refractivity contribution is 0.0382. The van der Waals surface area contributed by atoms with Gasteiger partial charge in [0, 0.05) is 25.3 Å². The molecule has 1 aromatic rings. The fourth-order valence-corrected chi connectivity index (χ4v) is 3.28. The number of carbonyl (C=O) groups is 1. The van der Waals surface area contributed by atoms with Crippen LogP contribution in [0.5, 0.6) is 0 Å². The van der Waals surface area contributed by atoms with Crippen molar-refractivity contribution in [1.29, 1.82) is 0 Å². The van der Waals surface area contributed by atoms with E-state index in [9.17, 15) is 9.90 Å². The molecule has 1 fully saturated rings. The van der Waals surface area contributed by atoms with Crippen molar-refractivity contribution in [2.24, 2.45) is 11.3 Å². The van der Waals surface area contributed by atoms with Crippen molar-refractivity contribution in [2.75, 3.05) is 26.2 Å². The van der Waals surface area contributed by atoms with E-state index in [-0.39, 0.29) is 11.3 Å². The minimum atomic E-state index is 0.00877. The highest BCUT2D eigenvalue weighted by molar-refractivity contribution is 5.94. The minimum Gasteiger partial charge on any atom is -0.396 e. The second-order valence-electron chi connectivity index (χ2n) is 7.59. The number of aliphatic hydroxyl groups is 1. The monoisotopic (exact) mass is 332 g/mol. The number of hydrogen-bond acceptors (Lipinski definition) is 3. The summed E-state index contributed by atoms with van der Waals surface area (Å²) >= 11 is 0. The van der Waals surface area contributed by atoms with Crippen molar-refractivity contribution in [3.8, 4) is 0 Å². The average Bonchev–Trinajstić information content (AvgIpc) is 2.61. The number of likely N-dealkylation sites (tertiary alicyclic amines) is 1. The van der Waals surface area contributed by atoms with Gasteiger partial charge in [-0.2, -0.15) is 0 Å². The lowest BCUT2D eigenvalue weighted by Gasteiger charge is -2.40. The van der Waals surface area contributed by atoms with Gasteiger partial charge >= 0.3 is 0 Å². The van der Waals surface area contributed by atoms with Gasteiger partial charge in [0.15, 0.2) is 0 Å². The van der Waals surface area contributed by atoms with Crippen LogP contribution in [0.3, 0.4) is 0 Å². The molecule has 1 aliphatic rings. The van der Waals surface area contributed by atoms with E-state index >= 15 is 0 Å². The molecular formula is C20H32N2O2. The van der Waals surface area contributed by atoms with Crippen LogP contribution in [0.2, 0.25) is 0 Å². The topological polar surface area (TPSA) is 52.6 Å². The Labute approximate surface area is 146 Å². The molecule has 0 spiro atoms. The molecule has 0 aliphatic carbocycles. The summed E-state index contributed by atoms with van der Waals surface area (Å²) in [6, 6.07) is 7.94. The van der Waals surface area contributed by atoms with Crippen LogP contribution in [0.4, 0.5) is 0 Å². The van der Waals surface area contributed by atoms with E-state index in [0.717, 1.165) is 44.5 Å². The smallest absolute Gasteiger partial charge is 0.251 e. The van der Waals surface area contributed by atoms with Crippen molar-refractivity contribution in [1.82, 2.24) is 10.2 Å². The molecular weight excluding hydrogens is 300 g/mol. The lowest BCUT2D eigenvalue weighted by atomic mass is 9.77. The first kappa shape index (κ1) is 18.9. The Kier molecular flexibility index (Phi) is 6.81. The van der Waals surface area contributed by atoms with Gasteiger partial charge in [-0.05, 0) is 61.4 Å². The summed E-state index contributed by atoms with van der Waals surface area (Å²) in [6.07, 6.45) is 3.14. The molecule has 0 bridgehead atoms. The maximum absolute atomic E-state index is 12.2. The number of nitrogens with zero attached hydrogens (tertiary/aromatic N) is 1. The van der Waals surface area contributed by atoms with Gasteiger partial charge in [0.25, 0.3) is 5.91 Å². The Morgan fingerprint density at radius 1 is 1.33 bits per heavy atom. The second kappa shape index (κ2) is 8.63. The number of amides is 1. The Morgan fingerprint density at radius 3 is 2.62 bits per heavy atom. The fraction of sp³-hybridized carbons (Fsp3) is 0.650. The first-order valence-corrected chi connectivity index (χ1v) is 9.18. The molecule has 1 aliphatic heterocycles. The quantitative estimate of drug-likeness (QED) is 0.807. The standard InChI is InChI=1S/C20H32N2O2/c1-4-20(15-23)8-10-22(11-9-20)14-17-6-5-7-18(12-17)19(24)21-13-16(2)3/h5-7,12,16,23H,4,8-11,13-15H2,1-3H3,(H,21,24). The molecule has 1 amide bonds. The first-order valence-electron chi connectivity index (χ1n) is 9.18. The SMILES string of the molecule is CCC1(CO)CCN(Cc2cccc(C(=O)NCC(C)C)c2)CC1. The number of hydrogen-bond donors (Lipinski definition) is 2. The van der Waals surface area contributed by atoms with Gasteiger partial charge in [0.1, 0.15) is 0 Å². The number of carbonyl (C=O) groups excluding carboxylic acids is 1. The summed E-state index contributed by atoms with van der Waals surface area (Å²) in [5.41, 5.74) is 2.04. The molecule has 24 heavy (non-hydrogen) atoms. The van der Waals surface area contributed by atoms with E-state index in [0.29, 0.717) is 19.1 Å². The molecule has 0 atom stereocenters. The number of aliphatic hydroxyl groups excluding tert-OH is 1. The summed E-state index contributed by atoms with van der Waals surface area (Å²) in [5, 5.41) is 12.6. The molecule has 0 unspecified atom stereocenters. The van der Waals surface area contributed by atoms with Crippen LogP contribution in [0.15, 0.2) is 24.3 Å². The van der Waals surface area contributed by atoms with Gasteiger partial charge in [0.05, 0.1) is 0 Å². The van der Waals surface area contributed by atoms with Crippen LogP contribution < -0.4 is 5.32 Å². The third-order valence-electron chi connectivity index (χ3n) is 5.27. The maximum Gasteiger partial charge on any atom is 0.251 e. The van der Waals surface area contributed by atoms with Crippen LogP contribution in [-0.4, -0.2) is 42.2 Å². The van der Waals surface area contributed by atoms with E-state index < -0.39 is 0 Å². The van der Waals surface area contributed by atoms with E-state index in [1.807, 2.05) is 18.2 Å². The zero-order chi connectivity index (χ0) is 17.6. The van der Waals surface area contributed by atoms with Crippen LogP contribution in [0.1, 0.15) is 56.0 Å². The van der Waals surface area contributed by atoms with Crippen LogP contribution >= 0.6 is 0 Å². The molecule has 134 valence electrons. The molecule has 0 aromatic heterocycles. The van der Waals surface area contributed by atoms with Crippen molar-refractivity contribution in [3.63, 3.8) is 0 Å². The van der Waals surface area contributed by atoms with Crippen molar-refractivity contribution >= 4 is 5.91 Å². The normalized spacial score (nSPS) is 17.9. The molecule has 1 aromatic carbocycles. The van der Waals surface area contributed by atoms with Gasteiger partial charge in [0.2, 0.25) is 0 Å². The molecule has 2 rings (SSSR count). The largest absolute Gasteiger partial charge is 0.396 e. The zero-order valence-electron chi connectivity index (χ0n) is 15.3. The number of piperidine rings is 1. The van der Waals surface area contributed by atoms with Gasteiger partial charge in [-0.1, -0.05) is 32.9 Å². The van der Waals surface area contributed by atoms with Crippen molar-refractivity contribution < 1.29 is 9.90 Å². The molecule has 1 heterocycles. The highest BCUT2D eigenvalue weighted by Gasteiger charge is 2.32. The number of benzene rings is 1. The predicted octanol–water partition coefficient (Wildman–Crippen LogP) is 3.06. The van der Waals surface area contributed by atoms with Crippen LogP contribution in [0.25, 0.3) is 0 Å². The van der Waals surface area contributed by atoms with Gasteiger partial charge in [-0.15, -0.1) is 0 Å². The second-order valence-corrected chi connectivity index (χ2v) is 7.59. The summed E-state index contributed by atoms with van der Waals surface area (Å²) in [5.74, 6) is 0.463. The van der Waals surface area contributed by atoms with Crippen LogP contribution in [0, 0.1) is 11.3 Å². The molecule has 0 saturated carbocycles. The van der Waals surface area contributed by atoms with E-state index in [4.69, 9.17) is 0 Å². The number of rotatable bonds is 7. The summed E-state index contributed by atoms with van der Waals surface area (Å²) in [7, 11) is 0. The summed E-state index contributed by atoms with van der Waals surface area (Å²) in [4.78, 5) is 14.6. The van der Waals surface area contributed by atoms with Gasteiger partial charge < -0.3 is 10.4 Å². The van der Waals surface area contributed by atoms with Gasteiger partial charge in [-0.25, -0.2) is 0 Å². The molecule has 1 saturated heterocycles. The average molecular weight is 332 g/mol. The first-order chi connectivity index (χ1) is 11.5. The Balaban J connectivity index is 1.92. The molecule has 4 nitrogen and oxygen atoms in total. The third kappa shape index (κ3) is 5.05. The van der Waals surface area contributed by atoms with Crippen molar-refractivity contribution in [3.05, 3.63) is 35.4 Å². The number of nitrogens with one attached hydrogen (secondary N) is 1. The molecule has 2 N–H and O–H groups in total. The maximum atomic E-state index is 12.2. The predicted molar refractivity (Wildman–Crippen MR) is 97.9 cm³/mol. The van der Waals surface area contributed by atoms with E-state index in [1.54, 1.807) is 0 Å². The Hall–Kier alpha value is -1.39. The highest BCUT2D eigenvalue weighted by Crippen LogP contribution is 2.34. The van der Waals surface area contributed by atoms with E-state index in [1.165, 1.54) is 5.56 Å². The van der Waals surface area contributed by atoms with Gasteiger partial charge in [-0.3, -0.25) is 9.69 Å². The molecule has 0 radical (unpaired) electrons. The summed E-state index contributed by atoms with van der Waals surface area (Å²) < 4.78 is 0. The van der Waals surface area contributed by atoms with E-state index in [2.05, 4.69) is 37.1 Å². The molecule has 4 heteroatoms.